The minimum atomic E-state index is -0.188. The summed E-state index contributed by atoms with van der Waals surface area (Å²) in [5.74, 6) is 1.19. The fourth-order valence-corrected chi connectivity index (χ4v) is 4.41. The number of para-hydroxylation sites is 1. The molecule has 0 fully saturated rings. The van der Waals surface area contributed by atoms with Crippen LogP contribution in [-0.2, 0) is 5.41 Å². The molecule has 28 heavy (non-hydrogen) atoms. The van der Waals surface area contributed by atoms with E-state index in [0.717, 1.165) is 5.69 Å². The van der Waals surface area contributed by atoms with Gasteiger partial charge < -0.3 is 4.52 Å². The van der Waals surface area contributed by atoms with E-state index in [1.165, 1.54) is 23.1 Å². The average Bonchev–Trinajstić information content (AvgIpc) is 3.32. The number of nitrogens with zero attached hydrogens (tertiary/aromatic N) is 4. The molecule has 8 heteroatoms. The molecule has 0 spiro atoms. The molecule has 0 aliphatic rings. The van der Waals surface area contributed by atoms with Gasteiger partial charge in [0.15, 0.2) is 11.0 Å². The molecule has 6 nitrogen and oxygen atoms in total. The third-order valence-electron chi connectivity index (χ3n) is 4.21. The maximum Gasteiger partial charge on any atom is 0.276 e. The Balaban J connectivity index is 1.78. The van der Waals surface area contributed by atoms with Crippen molar-refractivity contribution in [2.75, 3.05) is 0 Å². The van der Waals surface area contributed by atoms with E-state index < -0.39 is 0 Å². The van der Waals surface area contributed by atoms with Gasteiger partial charge in [0, 0.05) is 5.41 Å². The molecule has 3 heterocycles. The van der Waals surface area contributed by atoms with Gasteiger partial charge >= 0.3 is 0 Å². The van der Waals surface area contributed by atoms with Gasteiger partial charge in [-0.3, -0.25) is 9.36 Å². The first-order valence-electron chi connectivity index (χ1n) is 8.91. The first kappa shape index (κ1) is 18.9. The molecule has 0 N–H and O–H groups in total. The van der Waals surface area contributed by atoms with Crippen LogP contribution in [0.25, 0.3) is 15.9 Å². The minimum absolute atomic E-state index is 0.0678. The van der Waals surface area contributed by atoms with Gasteiger partial charge in [-0.2, -0.15) is 4.98 Å². The van der Waals surface area contributed by atoms with Gasteiger partial charge in [-0.25, -0.2) is 4.98 Å². The number of thiophene rings is 1. The number of hydrogen-bond donors (Lipinski definition) is 0. The maximum atomic E-state index is 13.1. The molecule has 4 aromatic rings. The summed E-state index contributed by atoms with van der Waals surface area (Å²) < 4.78 is 7.78. The van der Waals surface area contributed by atoms with E-state index in [0.29, 0.717) is 27.1 Å². The second kappa shape index (κ2) is 7.18. The number of hydrogen-bond acceptors (Lipinski definition) is 7. The van der Waals surface area contributed by atoms with E-state index in [1.54, 1.807) is 4.57 Å². The Labute approximate surface area is 170 Å². The van der Waals surface area contributed by atoms with E-state index in [1.807, 2.05) is 69.5 Å². The predicted molar refractivity (Wildman–Crippen MR) is 112 cm³/mol. The summed E-state index contributed by atoms with van der Waals surface area (Å²) in [6, 6.07) is 11.4. The fraction of sp³-hybridized carbons (Fsp3) is 0.300. The zero-order chi connectivity index (χ0) is 19.9. The van der Waals surface area contributed by atoms with E-state index in [9.17, 15) is 4.79 Å². The van der Waals surface area contributed by atoms with Crippen molar-refractivity contribution < 1.29 is 4.52 Å². The standard InChI is InChI=1S/C20H20N4O2S2/c1-12(16-22-18(23-26-16)20(2,3)4)28-19-21-14-10-11-27-15(14)17(25)24(19)13-8-6-5-7-9-13/h5-12H,1-4H3/t12-/m1/s1. The van der Waals surface area contributed by atoms with Gasteiger partial charge in [0.05, 0.1) is 16.5 Å². The minimum Gasteiger partial charge on any atom is -0.338 e. The Hall–Kier alpha value is -2.45. The van der Waals surface area contributed by atoms with Crippen molar-refractivity contribution in [2.45, 2.75) is 43.5 Å². The van der Waals surface area contributed by atoms with Crippen LogP contribution in [0.5, 0.6) is 0 Å². The van der Waals surface area contributed by atoms with Crippen molar-refractivity contribution in [3.8, 4) is 5.69 Å². The summed E-state index contributed by atoms with van der Waals surface area (Å²) >= 11 is 2.84. The van der Waals surface area contributed by atoms with Crippen LogP contribution < -0.4 is 5.56 Å². The monoisotopic (exact) mass is 412 g/mol. The molecule has 0 saturated carbocycles. The maximum absolute atomic E-state index is 13.1. The van der Waals surface area contributed by atoms with E-state index in [2.05, 4.69) is 10.1 Å². The van der Waals surface area contributed by atoms with Crippen LogP contribution in [0.1, 0.15) is 44.7 Å². The van der Waals surface area contributed by atoms with Crippen molar-refractivity contribution >= 4 is 33.3 Å². The molecule has 4 rings (SSSR count). The Morgan fingerprint density at radius 2 is 1.89 bits per heavy atom. The van der Waals surface area contributed by atoms with Crippen LogP contribution in [0.4, 0.5) is 0 Å². The normalized spacial score (nSPS) is 13.1. The lowest BCUT2D eigenvalue weighted by Crippen LogP contribution is -2.21. The first-order chi connectivity index (χ1) is 13.3. The molecular weight excluding hydrogens is 392 g/mol. The second-order valence-electron chi connectivity index (χ2n) is 7.47. The van der Waals surface area contributed by atoms with Gasteiger partial charge in [0.25, 0.3) is 5.56 Å². The van der Waals surface area contributed by atoms with Crippen LogP contribution in [0.3, 0.4) is 0 Å². The Morgan fingerprint density at radius 3 is 2.57 bits per heavy atom. The summed E-state index contributed by atoms with van der Waals surface area (Å²) in [5.41, 5.74) is 1.23. The lowest BCUT2D eigenvalue weighted by molar-refractivity contribution is 0.364. The highest BCUT2D eigenvalue weighted by Crippen LogP contribution is 2.35. The number of fused-ring (bicyclic) bond motifs is 1. The highest BCUT2D eigenvalue weighted by atomic mass is 32.2. The number of benzene rings is 1. The van der Waals surface area contributed by atoms with Crippen LogP contribution >= 0.6 is 23.1 Å². The van der Waals surface area contributed by atoms with Crippen molar-refractivity contribution in [3.63, 3.8) is 0 Å². The topological polar surface area (TPSA) is 73.8 Å². The van der Waals surface area contributed by atoms with Gasteiger partial charge in [-0.1, -0.05) is 55.9 Å². The smallest absolute Gasteiger partial charge is 0.276 e. The molecule has 0 saturated heterocycles. The predicted octanol–water partition coefficient (Wildman–Crippen LogP) is 4.98. The van der Waals surface area contributed by atoms with Gasteiger partial charge in [0.2, 0.25) is 5.89 Å². The molecule has 0 radical (unpaired) electrons. The molecule has 0 unspecified atom stereocenters. The average molecular weight is 413 g/mol. The molecule has 0 amide bonds. The molecule has 144 valence electrons. The highest BCUT2D eigenvalue weighted by molar-refractivity contribution is 7.99. The van der Waals surface area contributed by atoms with Crippen molar-refractivity contribution in [3.05, 3.63) is 63.8 Å². The third-order valence-corrected chi connectivity index (χ3v) is 6.14. The molecule has 0 aliphatic carbocycles. The van der Waals surface area contributed by atoms with Crippen molar-refractivity contribution in [1.82, 2.24) is 19.7 Å². The van der Waals surface area contributed by atoms with Crippen LogP contribution in [-0.4, -0.2) is 19.7 Å². The zero-order valence-electron chi connectivity index (χ0n) is 16.0. The third kappa shape index (κ3) is 3.49. The fourth-order valence-electron chi connectivity index (χ4n) is 2.69. The quantitative estimate of drug-likeness (QED) is 0.348. The van der Waals surface area contributed by atoms with E-state index in [-0.39, 0.29) is 16.2 Å². The molecular formula is C20H20N4O2S2. The van der Waals surface area contributed by atoms with Crippen molar-refractivity contribution in [1.29, 1.82) is 0 Å². The molecule has 0 aliphatic heterocycles. The van der Waals surface area contributed by atoms with Gasteiger partial charge in [-0.15, -0.1) is 11.3 Å². The van der Waals surface area contributed by atoms with E-state index >= 15 is 0 Å². The lowest BCUT2D eigenvalue weighted by atomic mass is 9.96. The number of aromatic nitrogens is 4. The SMILES string of the molecule is C[C@@H](Sc1nc2ccsc2c(=O)n1-c1ccccc1)c1nc(C(C)(C)C)no1. The van der Waals surface area contributed by atoms with E-state index in [4.69, 9.17) is 9.51 Å². The molecule has 1 aromatic carbocycles. The largest absolute Gasteiger partial charge is 0.338 e. The number of thioether (sulfide) groups is 1. The summed E-state index contributed by atoms with van der Waals surface area (Å²) in [5, 5.41) is 6.44. The lowest BCUT2D eigenvalue weighted by Gasteiger charge is -2.14. The zero-order valence-corrected chi connectivity index (χ0v) is 17.7. The van der Waals surface area contributed by atoms with Gasteiger partial charge in [-0.05, 0) is 30.5 Å². The summed E-state index contributed by atoms with van der Waals surface area (Å²) in [7, 11) is 0. The summed E-state index contributed by atoms with van der Waals surface area (Å²) in [6.45, 7) is 8.10. The Kier molecular flexibility index (Phi) is 4.84. The van der Waals surface area contributed by atoms with Crippen LogP contribution in [0, 0.1) is 0 Å². The Morgan fingerprint density at radius 1 is 1.14 bits per heavy atom. The molecule has 3 aromatic heterocycles. The van der Waals surface area contributed by atoms with Crippen molar-refractivity contribution in [2.24, 2.45) is 0 Å². The van der Waals surface area contributed by atoms with Crippen LogP contribution in [0.15, 0.2) is 56.3 Å². The molecule has 0 bridgehead atoms. The number of rotatable bonds is 4. The second-order valence-corrected chi connectivity index (χ2v) is 9.70. The Bertz CT molecular complexity index is 1170. The highest BCUT2D eigenvalue weighted by Gasteiger charge is 2.25. The summed E-state index contributed by atoms with van der Waals surface area (Å²) in [6.07, 6.45) is 0. The molecule has 1 atom stereocenters. The summed E-state index contributed by atoms with van der Waals surface area (Å²) in [4.78, 5) is 22.4. The van der Waals surface area contributed by atoms with Gasteiger partial charge in [0.1, 0.15) is 4.70 Å². The first-order valence-corrected chi connectivity index (χ1v) is 10.7. The van der Waals surface area contributed by atoms with Crippen LogP contribution in [0.2, 0.25) is 0 Å².